The van der Waals surface area contributed by atoms with E-state index in [1.54, 1.807) is 28.9 Å². The van der Waals surface area contributed by atoms with Crippen molar-refractivity contribution in [2.45, 2.75) is 12.6 Å². The lowest BCUT2D eigenvalue weighted by molar-refractivity contribution is -0.122. The summed E-state index contributed by atoms with van der Waals surface area (Å²) in [7, 11) is 1.95. The van der Waals surface area contributed by atoms with E-state index in [9.17, 15) is 4.79 Å². The molecule has 0 aliphatic rings. The summed E-state index contributed by atoms with van der Waals surface area (Å²) in [6.45, 7) is 1.08. The highest BCUT2D eigenvalue weighted by Gasteiger charge is 2.19. The van der Waals surface area contributed by atoms with Crippen LogP contribution in [0.1, 0.15) is 21.5 Å². The number of thiophene rings is 1. The molecule has 0 fully saturated rings. The van der Waals surface area contributed by atoms with Gasteiger partial charge in [0.15, 0.2) is 0 Å². The number of hydrogen-bond donors (Lipinski definition) is 1. The first-order valence-corrected chi connectivity index (χ1v) is 10.3. The van der Waals surface area contributed by atoms with E-state index in [1.807, 2.05) is 53.7 Å². The smallest absolute Gasteiger partial charge is 0.235 e. The quantitative estimate of drug-likeness (QED) is 0.601. The Hall–Kier alpha value is -1.54. The van der Waals surface area contributed by atoms with Crippen molar-refractivity contribution in [3.05, 3.63) is 73.3 Å². The fourth-order valence-corrected chi connectivity index (χ4v) is 4.80. The Bertz CT molecular complexity index is 805. The first-order valence-electron chi connectivity index (χ1n) is 7.78. The number of thiazole rings is 1. The van der Waals surface area contributed by atoms with Crippen LogP contribution < -0.4 is 5.32 Å². The topological polar surface area (TPSA) is 45.2 Å². The summed E-state index contributed by atoms with van der Waals surface area (Å²) in [6, 6.07) is 13.8. The van der Waals surface area contributed by atoms with E-state index in [0.29, 0.717) is 6.54 Å². The van der Waals surface area contributed by atoms with Crippen LogP contribution in [0.15, 0.2) is 57.8 Å². The summed E-state index contributed by atoms with van der Waals surface area (Å²) >= 11 is 6.70. The monoisotopic (exact) mass is 435 g/mol. The van der Waals surface area contributed by atoms with Gasteiger partial charge in [-0.15, -0.1) is 22.7 Å². The molecule has 1 atom stereocenters. The van der Waals surface area contributed by atoms with Gasteiger partial charge in [0.1, 0.15) is 11.0 Å². The van der Waals surface area contributed by atoms with E-state index in [2.05, 4.69) is 32.3 Å². The third kappa shape index (κ3) is 5.22. The summed E-state index contributed by atoms with van der Waals surface area (Å²) in [5.74, 6) is -0.0119. The summed E-state index contributed by atoms with van der Waals surface area (Å²) in [5.41, 5.74) is 1.04. The van der Waals surface area contributed by atoms with Crippen LogP contribution in [0, 0.1) is 0 Å². The van der Waals surface area contributed by atoms with Gasteiger partial charge in [0, 0.05) is 23.0 Å². The number of benzene rings is 1. The fourth-order valence-electron chi connectivity index (χ4n) is 2.52. The van der Waals surface area contributed by atoms with Crippen molar-refractivity contribution in [1.82, 2.24) is 15.2 Å². The lowest BCUT2D eigenvalue weighted by Gasteiger charge is -2.20. The Morgan fingerprint density at radius 3 is 2.72 bits per heavy atom. The number of rotatable bonds is 7. The van der Waals surface area contributed by atoms with Crippen LogP contribution in [0.4, 0.5) is 0 Å². The SMILES string of the molecule is CN(CC(=O)NC(c1ccccc1)c1nccs1)Cc1ccc(Br)s1. The van der Waals surface area contributed by atoms with Crippen molar-refractivity contribution in [3.8, 4) is 0 Å². The molecule has 0 bridgehead atoms. The second-order valence-corrected chi connectivity index (χ2v) is 9.13. The largest absolute Gasteiger partial charge is 0.342 e. The molecule has 25 heavy (non-hydrogen) atoms. The minimum Gasteiger partial charge on any atom is -0.342 e. The molecule has 130 valence electrons. The number of carbonyl (C=O) groups is 1. The molecular weight excluding hydrogens is 418 g/mol. The molecule has 0 aliphatic heterocycles. The molecule has 0 radical (unpaired) electrons. The standard InChI is InChI=1S/C18H18BrN3OS2/c1-22(11-14-7-8-15(19)25-14)12-16(23)21-17(18-20-9-10-24-18)13-5-3-2-4-6-13/h2-10,17H,11-12H2,1H3,(H,21,23). The lowest BCUT2D eigenvalue weighted by atomic mass is 10.1. The highest BCUT2D eigenvalue weighted by Crippen LogP contribution is 2.24. The molecule has 3 aromatic rings. The number of likely N-dealkylation sites (N-methyl/N-ethyl adjacent to an activating group) is 1. The Morgan fingerprint density at radius 2 is 2.08 bits per heavy atom. The molecule has 0 saturated heterocycles. The minimum absolute atomic E-state index is 0.0119. The van der Waals surface area contributed by atoms with E-state index in [0.717, 1.165) is 20.9 Å². The average Bonchev–Trinajstić information content (AvgIpc) is 3.25. The maximum absolute atomic E-state index is 12.5. The van der Waals surface area contributed by atoms with Crippen molar-refractivity contribution < 1.29 is 4.79 Å². The van der Waals surface area contributed by atoms with Crippen molar-refractivity contribution >= 4 is 44.5 Å². The van der Waals surface area contributed by atoms with Gasteiger partial charge in [-0.2, -0.15) is 0 Å². The highest BCUT2D eigenvalue weighted by molar-refractivity contribution is 9.11. The molecule has 1 unspecified atom stereocenters. The number of nitrogens with one attached hydrogen (secondary N) is 1. The molecule has 7 heteroatoms. The van der Waals surface area contributed by atoms with Crippen LogP contribution in [0.2, 0.25) is 0 Å². The van der Waals surface area contributed by atoms with E-state index in [-0.39, 0.29) is 11.9 Å². The van der Waals surface area contributed by atoms with E-state index in [4.69, 9.17) is 0 Å². The van der Waals surface area contributed by atoms with Gasteiger partial charge < -0.3 is 5.32 Å². The summed E-state index contributed by atoms with van der Waals surface area (Å²) < 4.78 is 1.10. The summed E-state index contributed by atoms with van der Waals surface area (Å²) in [6.07, 6.45) is 1.77. The zero-order valence-corrected chi connectivity index (χ0v) is 16.9. The molecule has 1 aromatic carbocycles. The molecule has 0 spiro atoms. The summed E-state index contributed by atoms with van der Waals surface area (Å²) in [4.78, 5) is 20.2. The van der Waals surface area contributed by atoms with Gasteiger partial charge in [-0.05, 0) is 40.7 Å². The van der Waals surface area contributed by atoms with E-state index in [1.165, 1.54) is 4.88 Å². The molecule has 1 N–H and O–H groups in total. The number of amides is 1. The molecule has 4 nitrogen and oxygen atoms in total. The normalized spacial score (nSPS) is 12.3. The molecule has 1 amide bonds. The number of carbonyl (C=O) groups excluding carboxylic acids is 1. The highest BCUT2D eigenvalue weighted by atomic mass is 79.9. The number of halogens is 1. The Morgan fingerprint density at radius 1 is 1.28 bits per heavy atom. The first-order chi connectivity index (χ1) is 12.1. The minimum atomic E-state index is -0.210. The van der Waals surface area contributed by atoms with Gasteiger partial charge in [0.05, 0.1) is 10.3 Å². The Kier molecular flexibility index (Phi) is 6.36. The predicted octanol–water partition coefficient (Wildman–Crippen LogP) is 4.30. The van der Waals surface area contributed by atoms with Gasteiger partial charge in [0.25, 0.3) is 0 Å². The fraction of sp³-hybridized carbons (Fsp3) is 0.222. The van der Waals surface area contributed by atoms with Crippen LogP contribution in [-0.2, 0) is 11.3 Å². The Labute approximate surface area is 163 Å². The van der Waals surface area contributed by atoms with Crippen molar-refractivity contribution in [3.63, 3.8) is 0 Å². The van der Waals surface area contributed by atoms with Crippen molar-refractivity contribution in [2.75, 3.05) is 13.6 Å². The van der Waals surface area contributed by atoms with Crippen LogP contribution in [0.3, 0.4) is 0 Å². The second kappa shape index (κ2) is 8.71. The van der Waals surface area contributed by atoms with Crippen LogP contribution in [-0.4, -0.2) is 29.4 Å². The number of nitrogens with zero attached hydrogens (tertiary/aromatic N) is 2. The van der Waals surface area contributed by atoms with Gasteiger partial charge in [-0.3, -0.25) is 9.69 Å². The van der Waals surface area contributed by atoms with Gasteiger partial charge in [-0.1, -0.05) is 30.3 Å². The molecule has 2 aromatic heterocycles. The molecule has 2 heterocycles. The van der Waals surface area contributed by atoms with Crippen LogP contribution >= 0.6 is 38.6 Å². The summed E-state index contributed by atoms with van der Waals surface area (Å²) in [5, 5.41) is 5.94. The third-order valence-corrected chi connectivity index (χ3v) is 6.05. The van der Waals surface area contributed by atoms with Gasteiger partial charge in [-0.25, -0.2) is 4.98 Å². The lowest BCUT2D eigenvalue weighted by Crippen LogP contribution is -2.37. The zero-order chi connectivity index (χ0) is 17.6. The average molecular weight is 436 g/mol. The second-order valence-electron chi connectivity index (χ2n) is 5.66. The van der Waals surface area contributed by atoms with E-state index >= 15 is 0 Å². The molecular formula is C18H18BrN3OS2. The number of hydrogen-bond acceptors (Lipinski definition) is 5. The molecule has 3 rings (SSSR count). The maximum atomic E-state index is 12.5. The van der Waals surface area contributed by atoms with Crippen molar-refractivity contribution in [2.24, 2.45) is 0 Å². The van der Waals surface area contributed by atoms with Crippen molar-refractivity contribution in [1.29, 1.82) is 0 Å². The van der Waals surface area contributed by atoms with Crippen LogP contribution in [0.25, 0.3) is 0 Å². The molecule has 0 saturated carbocycles. The zero-order valence-electron chi connectivity index (χ0n) is 13.7. The van der Waals surface area contributed by atoms with Crippen LogP contribution in [0.5, 0.6) is 0 Å². The maximum Gasteiger partial charge on any atom is 0.235 e. The Balaban J connectivity index is 1.64. The molecule has 0 aliphatic carbocycles. The first kappa shape index (κ1) is 18.3. The van der Waals surface area contributed by atoms with Gasteiger partial charge >= 0.3 is 0 Å². The predicted molar refractivity (Wildman–Crippen MR) is 107 cm³/mol. The van der Waals surface area contributed by atoms with Gasteiger partial charge in [0.2, 0.25) is 5.91 Å². The number of aromatic nitrogens is 1. The van der Waals surface area contributed by atoms with E-state index < -0.39 is 0 Å². The third-order valence-electron chi connectivity index (χ3n) is 3.60.